The predicted molar refractivity (Wildman–Crippen MR) is 79.2 cm³/mol. The molecule has 1 aromatic rings. The lowest BCUT2D eigenvalue weighted by atomic mass is 10.1. The molecule has 1 fully saturated rings. The highest BCUT2D eigenvalue weighted by Crippen LogP contribution is 2.26. The molecule has 1 atom stereocenters. The van der Waals surface area contributed by atoms with Gasteiger partial charge in [0, 0.05) is 18.8 Å². The van der Waals surface area contributed by atoms with Crippen molar-refractivity contribution in [3.63, 3.8) is 0 Å². The second kappa shape index (κ2) is 8.25. The summed E-state index contributed by atoms with van der Waals surface area (Å²) in [6.07, 6.45) is 2.30. The Balaban J connectivity index is 1.96. The molecule has 2 rings (SSSR count). The first-order chi connectivity index (χ1) is 9.85. The van der Waals surface area contributed by atoms with Gasteiger partial charge in [-0.2, -0.15) is 0 Å². The number of hydrogen-bond acceptors (Lipinski definition) is 4. The monoisotopic (exact) mass is 279 g/mol. The van der Waals surface area contributed by atoms with Crippen LogP contribution in [0.15, 0.2) is 24.3 Å². The summed E-state index contributed by atoms with van der Waals surface area (Å²) in [5.74, 6) is 0.935. The number of ether oxygens (including phenoxy) is 3. The van der Waals surface area contributed by atoms with Crippen LogP contribution in [0.3, 0.4) is 0 Å². The maximum Gasteiger partial charge on any atom is 0.124 e. The van der Waals surface area contributed by atoms with Crippen LogP contribution in [-0.4, -0.2) is 39.6 Å². The number of hydrogen-bond donors (Lipinski definition) is 1. The minimum Gasteiger partial charge on any atom is -0.494 e. The van der Waals surface area contributed by atoms with Crippen LogP contribution in [0, 0.1) is 0 Å². The van der Waals surface area contributed by atoms with E-state index in [-0.39, 0.29) is 6.04 Å². The minimum atomic E-state index is 0.153. The summed E-state index contributed by atoms with van der Waals surface area (Å²) < 4.78 is 17.1. The molecule has 20 heavy (non-hydrogen) atoms. The molecule has 0 saturated carbocycles. The molecule has 0 aliphatic carbocycles. The van der Waals surface area contributed by atoms with E-state index in [1.54, 1.807) is 0 Å². The minimum absolute atomic E-state index is 0.153. The van der Waals surface area contributed by atoms with Crippen molar-refractivity contribution >= 4 is 0 Å². The van der Waals surface area contributed by atoms with Crippen molar-refractivity contribution in [3.05, 3.63) is 29.8 Å². The quantitative estimate of drug-likeness (QED) is 0.832. The highest BCUT2D eigenvalue weighted by Gasteiger charge is 2.19. The van der Waals surface area contributed by atoms with Gasteiger partial charge in [0.05, 0.1) is 25.4 Å². The number of para-hydroxylation sites is 1. The van der Waals surface area contributed by atoms with E-state index in [9.17, 15) is 0 Å². The highest BCUT2D eigenvalue weighted by molar-refractivity contribution is 5.36. The van der Waals surface area contributed by atoms with E-state index >= 15 is 0 Å². The predicted octanol–water partition coefficient (Wildman–Crippen LogP) is 2.54. The van der Waals surface area contributed by atoms with E-state index in [0.29, 0.717) is 19.3 Å². The Morgan fingerprint density at radius 3 is 2.75 bits per heavy atom. The lowest BCUT2D eigenvalue weighted by Gasteiger charge is -2.26. The molecule has 1 aliphatic heterocycles. The second-order valence-electron chi connectivity index (χ2n) is 4.96. The van der Waals surface area contributed by atoms with Gasteiger partial charge in [-0.25, -0.2) is 0 Å². The summed E-state index contributed by atoms with van der Waals surface area (Å²) in [6.45, 7) is 4.96. The summed E-state index contributed by atoms with van der Waals surface area (Å²) in [6, 6.07) is 8.30. The average Bonchev–Trinajstić information content (AvgIpc) is 2.51. The van der Waals surface area contributed by atoms with Crippen LogP contribution in [-0.2, 0) is 9.47 Å². The van der Waals surface area contributed by atoms with Gasteiger partial charge in [-0.05, 0) is 32.9 Å². The summed E-state index contributed by atoms with van der Waals surface area (Å²) >= 11 is 0. The smallest absolute Gasteiger partial charge is 0.124 e. The SMILES string of the molecule is CCOc1ccccc1C(COC1CCOCC1)NC. The van der Waals surface area contributed by atoms with Gasteiger partial charge in [0.2, 0.25) is 0 Å². The standard InChI is InChI=1S/C16H25NO3/c1-3-19-16-7-5-4-6-14(16)15(17-2)12-20-13-8-10-18-11-9-13/h4-7,13,15,17H,3,8-12H2,1-2H3. The number of rotatable bonds is 7. The van der Waals surface area contributed by atoms with Crippen LogP contribution in [0.5, 0.6) is 5.75 Å². The molecule has 1 heterocycles. The molecular formula is C16H25NO3. The van der Waals surface area contributed by atoms with Gasteiger partial charge in [-0.3, -0.25) is 0 Å². The highest BCUT2D eigenvalue weighted by atomic mass is 16.5. The zero-order chi connectivity index (χ0) is 14.2. The molecule has 1 aromatic carbocycles. The molecule has 112 valence electrons. The van der Waals surface area contributed by atoms with E-state index in [1.807, 2.05) is 32.2 Å². The van der Waals surface area contributed by atoms with Crippen molar-refractivity contribution in [3.8, 4) is 5.75 Å². The molecule has 0 amide bonds. The van der Waals surface area contributed by atoms with Gasteiger partial charge in [-0.15, -0.1) is 0 Å². The first-order valence-corrected chi connectivity index (χ1v) is 7.43. The van der Waals surface area contributed by atoms with E-state index < -0.39 is 0 Å². The van der Waals surface area contributed by atoms with E-state index in [1.165, 1.54) is 0 Å². The van der Waals surface area contributed by atoms with Crippen LogP contribution < -0.4 is 10.1 Å². The molecule has 1 saturated heterocycles. The van der Waals surface area contributed by atoms with Gasteiger partial charge in [0.15, 0.2) is 0 Å². The van der Waals surface area contributed by atoms with Crippen molar-refractivity contribution < 1.29 is 14.2 Å². The zero-order valence-electron chi connectivity index (χ0n) is 12.4. The molecule has 0 aromatic heterocycles. The molecule has 0 radical (unpaired) electrons. The Morgan fingerprint density at radius 1 is 1.30 bits per heavy atom. The maximum absolute atomic E-state index is 6.03. The summed E-state index contributed by atoms with van der Waals surface area (Å²) in [5.41, 5.74) is 1.16. The second-order valence-corrected chi connectivity index (χ2v) is 4.96. The fourth-order valence-corrected chi connectivity index (χ4v) is 2.46. The third-order valence-corrected chi connectivity index (χ3v) is 3.61. The molecule has 1 N–H and O–H groups in total. The van der Waals surface area contributed by atoms with E-state index in [4.69, 9.17) is 14.2 Å². The Labute approximate surface area is 121 Å². The van der Waals surface area contributed by atoms with E-state index in [0.717, 1.165) is 37.4 Å². The average molecular weight is 279 g/mol. The van der Waals surface area contributed by atoms with Crippen molar-refractivity contribution in [2.24, 2.45) is 0 Å². The zero-order valence-corrected chi connectivity index (χ0v) is 12.4. The molecular weight excluding hydrogens is 254 g/mol. The molecule has 0 spiro atoms. The van der Waals surface area contributed by atoms with Crippen LogP contribution >= 0.6 is 0 Å². The number of nitrogens with one attached hydrogen (secondary N) is 1. The largest absolute Gasteiger partial charge is 0.494 e. The number of likely N-dealkylation sites (N-methyl/N-ethyl adjacent to an activating group) is 1. The maximum atomic E-state index is 6.03. The normalized spacial score (nSPS) is 17.9. The van der Waals surface area contributed by atoms with Crippen LogP contribution in [0.25, 0.3) is 0 Å². The Kier molecular flexibility index (Phi) is 6.30. The van der Waals surface area contributed by atoms with Crippen molar-refractivity contribution in [1.29, 1.82) is 0 Å². The van der Waals surface area contributed by atoms with Crippen LogP contribution in [0.4, 0.5) is 0 Å². The van der Waals surface area contributed by atoms with Crippen molar-refractivity contribution in [1.82, 2.24) is 5.32 Å². The molecule has 4 nitrogen and oxygen atoms in total. The van der Waals surface area contributed by atoms with Crippen LogP contribution in [0.1, 0.15) is 31.4 Å². The molecule has 0 bridgehead atoms. The van der Waals surface area contributed by atoms with Gasteiger partial charge in [-0.1, -0.05) is 18.2 Å². The third-order valence-electron chi connectivity index (χ3n) is 3.61. The first-order valence-electron chi connectivity index (χ1n) is 7.43. The summed E-state index contributed by atoms with van der Waals surface area (Å²) in [4.78, 5) is 0. The lowest BCUT2D eigenvalue weighted by molar-refractivity contribution is -0.0380. The van der Waals surface area contributed by atoms with E-state index in [2.05, 4.69) is 11.4 Å². The van der Waals surface area contributed by atoms with Crippen molar-refractivity contribution in [2.75, 3.05) is 33.5 Å². The topological polar surface area (TPSA) is 39.7 Å². The Hall–Kier alpha value is -1.10. The molecule has 4 heteroatoms. The Morgan fingerprint density at radius 2 is 2.05 bits per heavy atom. The van der Waals surface area contributed by atoms with Gasteiger partial charge >= 0.3 is 0 Å². The first kappa shape index (κ1) is 15.3. The Bertz CT molecular complexity index is 391. The van der Waals surface area contributed by atoms with Gasteiger partial charge < -0.3 is 19.5 Å². The lowest BCUT2D eigenvalue weighted by Crippen LogP contribution is -2.29. The fraction of sp³-hybridized carbons (Fsp3) is 0.625. The summed E-state index contributed by atoms with van der Waals surface area (Å²) in [5, 5.41) is 3.32. The molecule has 1 aliphatic rings. The number of benzene rings is 1. The third kappa shape index (κ3) is 4.20. The molecule has 1 unspecified atom stereocenters. The van der Waals surface area contributed by atoms with Gasteiger partial charge in [0.25, 0.3) is 0 Å². The summed E-state index contributed by atoms with van der Waals surface area (Å²) in [7, 11) is 1.96. The fourth-order valence-electron chi connectivity index (χ4n) is 2.46. The van der Waals surface area contributed by atoms with Crippen LogP contribution in [0.2, 0.25) is 0 Å². The van der Waals surface area contributed by atoms with Gasteiger partial charge in [0.1, 0.15) is 5.75 Å². The van der Waals surface area contributed by atoms with Crippen molar-refractivity contribution in [2.45, 2.75) is 31.9 Å².